The molecule has 9 rings (SSSR count). The third-order valence-electron chi connectivity index (χ3n) is 9.08. The van der Waals surface area contributed by atoms with E-state index in [1.54, 1.807) is 0 Å². The van der Waals surface area contributed by atoms with E-state index in [9.17, 15) is 0 Å². The summed E-state index contributed by atoms with van der Waals surface area (Å²) in [6.45, 7) is 0. The van der Waals surface area contributed by atoms with Crippen molar-refractivity contribution in [3.63, 3.8) is 0 Å². The molecule has 0 bridgehead atoms. The lowest BCUT2D eigenvalue weighted by Gasteiger charge is -2.26. The molecule has 48 heavy (non-hydrogen) atoms. The van der Waals surface area contributed by atoms with Crippen molar-refractivity contribution in [1.29, 1.82) is 0 Å². The van der Waals surface area contributed by atoms with Crippen LogP contribution in [0.2, 0.25) is 0 Å². The maximum Gasteiger partial charge on any atom is 0.227 e. The van der Waals surface area contributed by atoms with Crippen LogP contribution in [0.5, 0.6) is 0 Å². The lowest BCUT2D eigenvalue weighted by atomic mass is 9.97. The molecule has 1 heterocycles. The smallest absolute Gasteiger partial charge is 0.227 e. The third kappa shape index (κ3) is 4.99. The van der Waals surface area contributed by atoms with Gasteiger partial charge in [0.25, 0.3) is 0 Å². The third-order valence-corrected chi connectivity index (χ3v) is 9.08. The summed E-state index contributed by atoms with van der Waals surface area (Å²) < 4.78 is 6.35. The van der Waals surface area contributed by atoms with Gasteiger partial charge in [-0.3, -0.25) is 0 Å². The maximum absolute atomic E-state index is 6.35. The van der Waals surface area contributed by atoms with E-state index in [-0.39, 0.29) is 0 Å². The molecular weight excluding hydrogens is 585 g/mol. The van der Waals surface area contributed by atoms with Crippen LogP contribution in [-0.4, -0.2) is 4.98 Å². The summed E-state index contributed by atoms with van der Waals surface area (Å²) in [7, 11) is 0. The maximum atomic E-state index is 6.35. The number of fused-ring (bicyclic) bond motifs is 4. The molecule has 0 saturated carbocycles. The molecule has 0 spiro atoms. The fraction of sp³-hybridized carbons (Fsp3) is 0. The van der Waals surface area contributed by atoms with Gasteiger partial charge < -0.3 is 9.32 Å². The van der Waals surface area contributed by atoms with Crippen molar-refractivity contribution >= 4 is 49.7 Å². The number of hydrogen-bond donors (Lipinski definition) is 0. The Morgan fingerprint density at radius 2 is 0.958 bits per heavy atom. The van der Waals surface area contributed by atoms with Gasteiger partial charge in [-0.2, -0.15) is 0 Å². The van der Waals surface area contributed by atoms with E-state index in [1.165, 1.54) is 21.9 Å². The van der Waals surface area contributed by atoms with Crippen molar-refractivity contribution in [2.45, 2.75) is 0 Å². The molecule has 0 fully saturated rings. The van der Waals surface area contributed by atoms with E-state index in [4.69, 9.17) is 9.40 Å². The second-order valence-electron chi connectivity index (χ2n) is 12.0. The van der Waals surface area contributed by atoms with Gasteiger partial charge >= 0.3 is 0 Å². The number of hydrogen-bond acceptors (Lipinski definition) is 3. The normalized spacial score (nSPS) is 11.3. The van der Waals surface area contributed by atoms with Crippen LogP contribution < -0.4 is 4.90 Å². The van der Waals surface area contributed by atoms with Gasteiger partial charge in [-0.25, -0.2) is 4.98 Å². The first-order valence-electron chi connectivity index (χ1n) is 16.2. The topological polar surface area (TPSA) is 29.3 Å². The van der Waals surface area contributed by atoms with Gasteiger partial charge in [-0.05, 0) is 99.1 Å². The Labute approximate surface area is 279 Å². The Bertz CT molecular complexity index is 2540. The van der Waals surface area contributed by atoms with E-state index in [1.807, 2.05) is 30.3 Å². The molecule has 0 N–H and O–H groups in total. The molecule has 226 valence electrons. The Morgan fingerprint density at radius 3 is 1.69 bits per heavy atom. The number of oxazole rings is 1. The first-order chi connectivity index (χ1) is 23.8. The van der Waals surface area contributed by atoms with Gasteiger partial charge in [0.05, 0.1) is 0 Å². The zero-order chi connectivity index (χ0) is 31.9. The second-order valence-corrected chi connectivity index (χ2v) is 12.0. The fourth-order valence-corrected chi connectivity index (χ4v) is 6.69. The molecule has 3 nitrogen and oxygen atoms in total. The Kier molecular flexibility index (Phi) is 6.80. The molecule has 0 aliphatic carbocycles. The minimum Gasteiger partial charge on any atom is -0.436 e. The summed E-state index contributed by atoms with van der Waals surface area (Å²) in [6, 6.07) is 64.0. The SMILES string of the molecule is c1ccc(-c2nc3c(cc(-c4ccc(N(c5ccccc5)c5ccc(-c6ccc7ccccc7c6)cc5)cc4)c4ccccc43)o2)cc1. The molecule has 0 aliphatic heterocycles. The standard InChI is InChI=1S/C45H30N2O/c1-3-12-34(13-4-1)45-46-44-41-18-10-9-17-40(41)42(30-43(44)48-45)33-23-27-39(28-24-33)47(37-15-5-2-6-16-37)38-25-21-32(22-26-38)36-20-19-31-11-7-8-14-35(31)29-36/h1-30H. The van der Waals surface area contributed by atoms with E-state index < -0.39 is 0 Å². The predicted molar refractivity (Wildman–Crippen MR) is 200 cm³/mol. The molecule has 8 aromatic carbocycles. The Hall–Kier alpha value is -6.45. The Morgan fingerprint density at radius 1 is 0.396 bits per heavy atom. The van der Waals surface area contributed by atoms with Crippen molar-refractivity contribution in [2.24, 2.45) is 0 Å². The summed E-state index contributed by atoms with van der Waals surface area (Å²) in [5.74, 6) is 0.633. The highest BCUT2D eigenvalue weighted by Crippen LogP contribution is 2.40. The van der Waals surface area contributed by atoms with Crippen molar-refractivity contribution < 1.29 is 4.42 Å². The van der Waals surface area contributed by atoms with Crippen LogP contribution >= 0.6 is 0 Å². The minimum atomic E-state index is 0.633. The lowest BCUT2D eigenvalue weighted by Crippen LogP contribution is -2.09. The largest absolute Gasteiger partial charge is 0.436 e. The van der Waals surface area contributed by atoms with Gasteiger partial charge in [0.15, 0.2) is 5.58 Å². The predicted octanol–water partition coefficient (Wildman–Crippen LogP) is 12.6. The molecule has 3 heteroatoms. The van der Waals surface area contributed by atoms with E-state index in [2.05, 4.69) is 157 Å². The number of aromatic nitrogens is 1. The summed E-state index contributed by atoms with van der Waals surface area (Å²) in [6.07, 6.45) is 0. The fourth-order valence-electron chi connectivity index (χ4n) is 6.69. The van der Waals surface area contributed by atoms with E-state index in [0.29, 0.717) is 5.89 Å². The highest BCUT2D eigenvalue weighted by atomic mass is 16.3. The summed E-state index contributed by atoms with van der Waals surface area (Å²) in [5, 5.41) is 4.73. The van der Waals surface area contributed by atoms with Crippen LogP contribution in [0.25, 0.3) is 66.4 Å². The van der Waals surface area contributed by atoms with Gasteiger partial charge in [-0.1, -0.05) is 121 Å². The molecule has 0 aliphatic rings. The van der Waals surface area contributed by atoms with Crippen molar-refractivity contribution in [3.05, 3.63) is 182 Å². The highest BCUT2D eigenvalue weighted by molar-refractivity contribution is 6.11. The highest BCUT2D eigenvalue weighted by Gasteiger charge is 2.17. The average Bonchev–Trinajstić information content (AvgIpc) is 3.61. The first-order valence-corrected chi connectivity index (χ1v) is 16.2. The molecule has 0 atom stereocenters. The summed E-state index contributed by atoms with van der Waals surface area (Å²) >= 11 is 0. The molecule has 0 radical (unpaired) electrons. The van der Waals surface area contributed by atoms with Gasteiger partial charge in [-0.15, -0.1) is 0 Å². The second kappa shape index (κ2) is 11.7. The summed E-state index contributed by atoms with van der Waals surface area (Å²) in [5.41, 5.74) is 10.6. The van der Waals surface area contributed by atoms with Crippen molar-refractivity contribution in [2.75, 3.05) is 4.90 Å². The monoisotopic (exact) mass is 614 g/mol. The number of rotatable bonds is 6. The number of anilines is 3. The lowest BCUT2D eigenvalue weighted by molar-refractivity contribution is 0.620. The minimum absolute atomic E-state index is 0.633. The summed E-state index contributed by atoms with van der Waals surface area (Å²) in [4.78, 5) is 7.22. The molecule has 0 unspecified atom stereocenters. The van der Waals surface area contributed by atoms with Gasteiger partial charge in [0, 0.05) is 28.0 Å². The van der Waals surface area contributed by atoms with Crippen LogP contribution in [0, 0.1) is 0 Å². The van der Waals surface area contributed by atoms with Crippen LogP contribution in [0.4, 0.5) is 17.1 Å². The number of benzene rings is 8. The van der Waals surface area contributed by atoms with E-state index >= 15 is 0 Å². The average molecular weight is 615 g/mol. The van der Waals surface area contributed by atoms with E-state index in [0.717, 1.165) is 55.6 Å². The molecular formula is C45H30N2O. The van der Waals surface area contributed by atoms with Gasteiger partial charge in [0.1, 0.15) is 5.52 Å². The Balaban J connectivity index is 1.10. The molecule has 1 aromatic heterocycles. The van der Waals surface area contributed by atoms with Crippen molar-refractivity contribution in [1.82, 2.24) is 4.98 Å². The number of nitrogens with zero attached hydrogens (tertiary/aromatic N) is 2. The van der Waals surface area contributed by atoms with Crippen LogP contribution in [0.15, 0.2) is 186 Å². The molecule has 9 aromatic rings. The van der Waals surface area contributed by atoms with Crippen LogP contribution in [0.1, 0.15) is 0 Å². The van der Waals surface area contributed by atoms with Crippen molar-refractivity contribution in [3.8, 4) is 33.7 Å². The zero-order valence-electron chi connectivity index (χ0n) is 26.1. The van der Waals surface area contributed by atoms with Gasteiger partial charge in [0.2, 0.25) is 5.89 Å². The zero-order valence-corrected chi connectivity index (χ0v) is 26.1. The quantitative estimate of drug-likeness (QED) is 0.187. The molecule has 0 saturated heterocycles. The van der Waals surface area contributed by atoms with Crippen LogP contribution in [0.3, 0.4) is 0 Å². The number of para-hydroxylation sites is 1. The molecule has 0 amide bonds. The van der Waals surface area contributed by atoms with Crippen LogP contribution in [-0.2, 0) is 0 Å². The first kappa shape index (κ1) is 27.8.